The van der Waals surface area contributed by atoms with Gasteiger partial charge in [0.15, 0.2) is 11.6 Å². The van der Waals surface area contributed by atoms with Crippen LogP contribution in [0, 0.1) is 23.0 Å². The minimum Gasteiger partial charge on any atom is -0.491 e. The molecule has 3 saturated heterocycles. The minimum absolute atomic E-state index is 0.0235. The van der Waals surface area contributed by atoms with Gasteiger partial charge in [0.05, 0.1) is 58.6 Å². The molecule has 0 bridgehead atoms. The van der Waals surface area contributed by atoms with E-state index in [1.165, 1.54) is 12.1 Å². The molecule has 6 heterocycles. The second-order valence-corrected chi connectivity index (χ2v) is 15.0. The van der Waals surface area contributed by atoms with Gasteiger partial charge in [-0.25, -0.2) is 13.2 Å². The number of alkyl halides is 1. The minimum atomic E-state index is -0.960. The van der Waals surface area contributed by atoms with Gasteiger partial charge in [0.1, 0.15) is 46.6 Å². The summed E-state index contributed by atoms with van der Waals surface area (Å²) in [7, 11) is 1.61. The smallest absolute Gasteiger partial charge is 0.319 e. The quantitative estimate of drug-likeness (QED) is 0.254. The van der Waals surface area contributed by atoms with Gasteiger partial charge in [0.25, 0.3) is 0 Å². The molecule has 2 N–H and O–H groups in total. The lowest BCUT2D eigenvalue weighted by Gasteiger charge is -2.37. The number of rotatable bonds is 5. The lowest BCUT2D eigenvalue weighted by atomic mass is 9.95. The van der Waals surface area contributed by atoms with Crippen LogP contribution in [0.1, 0.15) is 38.2 Å². The molecule has 4 aromatic rings. The van der Waals surface area contributed by atoms with Crippen molar-refractivity contribution in [2.24, 2.45) is 0 Å². The molecule has 0 amide bonds. The number of halogens is 4. The third-order valence-electron chi connectivity index (χ3n) is 10.5. The van der Waals surface area contributed by atoms with Crippen LogP contribution in [-0.4, -0.2) is 91.4 Å². The van der Waals surface area contributed by atoms with E-state index in [2.05, 4.69) is 9.88 Å². The summed E-state index contributed by atoms with van der Waals surface area (Å²) in [5.74, 6) is -0.949. The van der Waals surface area contributed by atoms with Crippen LogP contribution in [0.4, 0.5) is 24.0 Å². The highest BCUT2D eigenvalue weighted by Gasteiger charge is 2.49. The van der Waals surface area contributed by atoms with Crippen molar-refractivity contribution in [3.8, 4) is 29.0 Å². The first kappa shape index (κ1) is 32.6. The van der Waals surface area contributed by atoms with Gasteiger partial charge in [-0.15, -0.1) is 11.3 Å². The van der Waals surface area contributed by atoms with Crippen LogP contribution in [0.3, 0.4) is 0 Å². The summed E-state index contributed by atoms with van der Waals surface area (Å²) in [6.45, 7) is 4.40. The molecule has 0 spiro atoms. The van der Waals surface area contributed by atoms with Gasteiger partial charge < -0.3 is 29.6 Å². The van der Waals surface area contributed by atoms with E-state index in [9.17, 15) is 9.65 Å². The maximum atomic E-state index is 17.3. The average Bonchev–Trinajstić information content (AvgIpc) is 3.68. The molecular formula is C34H34ClF3N6O4S. The van der Waals surface area contributed by atoms with Crippen LogP contribution >= 0.6 is 22.9 Å². The van der Waals surface area contributed by atoms with Gasteiger partial charge in [-0.1, -0.05) is 17.7 Å². The summed E-state index contributed by atoms with van der Waals surface area (Å²) in [5, 5.41) is 10.4. The van der Waals surface area contributed by atoms with Crippen molar-refractivity contribution < 1.29 is 32.1 Å². The van der Waals surface area contributed by atoms with E-state index in [0.717, 1.165) is 30.7 Å². The molecule has 258 valence electrons. The Morgan fingerprint density at radius 1 is 1.27 bits per heavy atom. The number of methoxy groups -OCH3 is 1. The monoisotopic (exact) mass is 714 g/mol. The zero-order valence-corrected chi connectivity index (χ0v) is 28.5. The van der Waals surface area contributed by atoms with E-state index >= 15 is 8.78 Å². The number of thiophene rings is 1. The summed E-state index contributed by atoms with van der Waals surface area (Å²) in [4.78, 5) is 13.6. The van der Waals surface area contributed by atoms with Crippen LogP contribution in [0.2, 0.25) is 5.02 Å². The van der Waals surface area contributed by atoms with Gasteiger partial charge in [-0.2, -0.15) is 15.2 Å². The highest BCUT2D eigenvalue weighted by Crippen LogP contribution is 2.51. The summed E-state index contributed by atoms with van der Waals surface area (Å²) in [6.07, 6.45) is 1.58. The Kier molecular flexibility index (Phi) is 7.99. The largest absolute Gasteiger partial charge is 0.491 e. The van der Waals surface area contributed by atoms with Gasteiger partial charge in [0.2, 0.25) is 0 Å². The van der Waals surface area contributed by atoms with Crippen LogP contribution in [-0.2, 0) is 9.47 Å². The second-order valence-electron chi connectivity index (χ2n) is 13.6. The van der Waals surface area contributed by atoms with Gasteiger partial charge in [0, 0.05) is 37.4 Å². The van der Waals surface area contributed by atoms with Crippen molar-refractivity contribution >= 4 is 54.7 Å². The lowest BCUT2D eigenvalue weighted by molar-refractivity contribution is -0.0460. The van der Waals surface area contributed by atoms with E-state index in [0.29, 0.717) is 45.0 Å². The first-order valence-electron chi connectivity index (χ1n) is 16.2. The zero-order chi connectivity index (χ0) is 34.2. The van der Waals surface area contributed by atoms with Crippen LogP contribution in [0.15, 0.2) is 12.1 Å². The average molecular weight is 715 g/mol. The van der Waals surface area contributed by atoms with E-state index < -0.39 is 28.9 Å². The molecular weight excluding hydrogens is 681 g/mol. The SMILES string of the molecule is COC1(C)COCC2CCOc3c(Cl)c(-c4ccc(F)c5sc(N)c(C#N)c45)c(F)c4nc(OC[C@@]56CCCN5C[C@H](F)C6)nc(c34)N2C1. The highest BCUT2D eigenvalue weighted by atomic mass is 35.5. The Balaban J connectivity index is 1.37. The number of nitrogen functional groups attached to an aromatic ring is 1. The van der Waals surface area contributed by atoms with Crippen molar-refractivity contribution in [3.63, 3.8) is 0 Å². The third kappa shape index (κ3) is 5.16. The topological polar surface area (TPSA) is 119 Å². The number of hydrogen-bond donors (Lipinski definition) is 1. The number of anilines is 2. The maximum Gasteiger partial charge on any atom is 0.319 e. The summed E-state index contributed by atoms with van der Waals surface area (Å²) < 4.78 is 71.6. The van der Waals surface area contributed by atoms with Crippen LogP contribution in [0.5, 0.6) is 11.8 Å². The molecule has 3 fully saturated rings. The Labute approximate surface area is 289 Å². The Morgan fingerprint density at radius 3 is 2.90 bits per heavy atom. The summed E-state index contributed by atoms with van der Waals surface area (Å²) >= 11 is 7.99. The number of nitrogens with zero attached hydrogens (tertiary/aromatic N) is 5. The Hall–Kier alpha value is -3.61. The molecule has 0 aliphatic carbocycles. The Morgan fingerprint density at radius 2 is 2.10 bits per heavy atom. The first-order valence-corrected chi connectivity index (χ1v) is 17.4. The van der Waals surface area contributed by atoms with Crippen molar-refractivity contribution in [1.29, 1.82) is 5.26 Å². The number of hydrogen-bond acceptors (Lipinski definition) is 11. The van der Waals surface area contributed by atoms with Crippen molar-refractivity contribution in [1.82, 2.24) is 14.9 Å². The predicted molar refractivity (Wildman–Crippen MR) is 180 cm³/mol. The number of ether oxygens (including phenoxy) is 4. The fraction of sp³-hybridized carbons (Fsp3) is 0.500. The summed E-state index contributed by atoms with van der Waals surface area (Å²) in [6, 6.07) is 4.30. The van der Waals surface area contributed by atoms with Crippen LogP contribution < -0.4 is 20.1 Å². The van der Waals surface area contributed by atoms with Crippen LogP contribution in [0.25, 0.3) is 32.1 Å². The molecule has 2 aromatic carbocycles. The molecule has 8 rings (SSSR count). The number of aromatic nitrogens is 2. The van der Waals surface area contributed by atoms with E-state index in [1.54, 1.807) is 7.11 Å². The second kappa shape index (κ2) is 12.0. The number of fused-ring (bicyclic) bond motifs is 4. The molecule has 4 aliphatic rings. The molecule has 10 nitrogen and oxygen atoms in total. The first-order chi connectivity index (χ1) is 23.6. The zero-order valence-electron chi connectivity index (χ0n) is 27.0. The molecule has 0 saturated carbocycles. The fourth-order valence-corrected chi connectivity index (χ4v) is 9.26. The number of benzene rings is 2. The lowest BCUT2D eigenvalue weighted by Crippen LogP contribution is -2.48. The predicted octanol–water partition coefficient (Wildman–Crippen LogP) is 6.24. The highest BCUT2D eigenvalue weighted by molar-refractivity contribution is 7.23. The normalized spacial score (nSPS) is 26.9. The standard InChI is InChI=1S/C34H34ClF3N6O4S/c1-33(45-2)14-44-18(13-46-15-33)6-9-47-28-24-27(41-32(42-31(24)44)48-16-34-7-3-8-43(34)12-17(36)10-34)26(38)23(25(28)35)19-4-5-21(37)29-22(19)20(11-39)30(40)49-29/h4-5,17-18H,3,6-10,12-16,40H2,1-2H3/t17-,18?,33?,34+/m1/s1. The van der Waals surface area contributed by atoms with E-state index in [4.69, 9.17) is 41.3 Å². The van der Waals surface area contributed by atoms with Crippen molar-refractivity contribution in [3.05, 3.63) is 34.4 Å². The number of nitrogens with two attached hydrogens (primary N) is 1. The molecule has 15 heteroatoms. The third-order valence-corrected chi connectivity index (χ3v) is 11.9. The van der Waals surface area contributed by atoms with Gasteiger partial charge in [-0.3, -0.25) is 4.90 Å². The molecule has 2 unspecified atom stereocenters. The van der Waals surface area contributed by atoms with Gasteiger partial charge >= 0.3 is 6.01 Å². The molecule has 4 atom stereocenters. The molecule has 0 radical (unpaired) electrons. The summed E-state index contributed by atoms with van der Waals surface area (Å²) in [5.41, 5.74) is 4.83. The number of nitriles is 1. The maximum absolute atomic E-state index is 17.3. The van der Waals surface area contributed by atoms with Crippen molar-refractivity contribution in [2.75, 3.05) is 63.8 Å². The molecule has 2 aromatic heterocycles. The Bertz CT molecular complexity index is 2050. The van der Waals surface area contributed by atoms with Gasteiger partial charge in [-0.05, 0) is 37.9 Å². The van der Waals surface area contributed by atoms with Crippen molar-refractivity contribution in [2.45, 2.75) is 56.0 Å². The fourth-order valence-electron chi connectivity index (χ4n) is 7.98. The molecule has 4 aliphatic heterocycles. The molecule has 49 heavy (non-hydrogen) atoms. The van der Waals surface area contributed by atoms with E-state index in [1.807, 2.05) is 17.9 Å². The van der Waals surface area contributed by atoms with E-state index in [-0.39, 0.29) is 78.7 Å².